The van der Waals surface area contributed by atoms with Crippen molar-refractivity contribution in [1.29, 1.82) is 0 Å². The summed E-state index contributed by atoms with van der Waals surface area (Å²) in [5, 5.41) is 4.78. The number of hydrogen-bond acceptors (Lipinski definition) is 3. The quantitative estimate of drug-likeness (QED) is 0.174. The molecule has 0 unspecified atom stereocenters. The molecule has 40 heavy (non-hydrogen) atoms. The average molecular weight is 695 g/mol. The van der Waals surface area contributed by atoms with Crippen LogP contribution >= 0.6 is 0 Å². The third-order valence-corrected chi connectivity index (χ3v) is 6.99. The largest absolute Gasteiger partial charge is 0.315 e. The Morgan fingerprint density at radius 2 is 1.27 bits per heavy atom. The van der Waals surface area contributed by atoms with Gasteiger partial charge < -0.3 is 4.57 Å². The van der Waals surface area contributed by atoms with E-state index in [4.69, 9.17) is 15.1 Å². The average Bonchev–Trinajstić information content (AvgIpc) is 3.62. The minimum absolute atomic E-state index is 0. The summed E-state index contributed by atoms with van der Waals surface area (Å²) in [6, 6.07) is 44.9. The van der Waals surface area contributed by atoms with Crippen LogP contribution in [0.1, 0.15) is 5.82 Å². The van der Waals surface area contributed by atoms with Gasteiger partial charge in [0.05, 0.1) is 17.3 Å². The zero-order valence-electron chi connectivity index (χ0n) is 21.7. The van der Waals surface area contributed by atoms with Gasteiger partial charge in [-0.05, 0) is 35.7 Å². The van der Waals surface area contributed by atoms with Crippen LogP contribution in [-0.2, 0) is 20.1 Å². The number of aryl methyl sites for hydroxylation is 1. The second-order valence-electron chi connectivity index (χ2n) is 9.35. The van der Waals surface area contributed by atoms with Gasteiger partial charge in [0.1, 0.15) is 6.33 Å². The summed E-state index contributed by atoms with van der Waals surface area (Å²) in [7, 11) is 0. The molecule has 0 fully saturated rings. The molecule has 0 aliphatic heterocycles. The predicted molar refractivity (Wildman–Crippen MR) is 156 cm³/mol. The van der Waals surface area contributed by atoms with Crippen LogP contribution in [0.5, 0.6) is 0 Å². The zero-order valence-corrected chi connectivity index (χ0v) is 24.1. The van der Waals surface area contributed by atoms with Crippen molar-refractivity contribution in [1.82, 2.24) is 24.3 Å². The fourth-order valence-electron chi connectivity index (χ4n) is 5.28. The molecule has 1 radical (unpaired) electrons. The third kappa shape index (κ3) is 4.37. The van der Waals surface area contributed by atoms with Gasteiger partial charge in [-0.25, -0.2) is 0 Å². The van der Waals surface area contributed by atoms with Crippen LogP contribution in [-0.4, -0.2) is 24.3 Å². The van der Waals surface area contributed by atoms with Gasteiger partial charge in [-0.2, -0.15) is 5.10 Å². The fourth-order valence-corrected chi connectivity index (χ4v) is 5.28. The molecule has 0 bridgehead atoms. The molecule has 5 nitrogen and oxygen atoms in total. The second kappa shape index (κ2) is 10.9. The molecule has 0 N–H and O–H groups in total. The van der Waals surface area contributed by atoms with Crippen molar-refractivity contribution in [2.45, 2.75) is 6.92 Å². The normalized spacial score (nSPS) is 10.9. The van der Waals surface area contributed by atoms with Gasteiger partial charge >= 0.3 is 0 Å². The number of rotatable bonds is 5. The molecule has 195 valence electrons. The van der Waals surface area contributed by atoms with Crippen molar-refractivity contribution in [3.05, 3.63) is 140 Å². The van der Waals surface area contributed by atoms with Crippen LogP contribution in [0.25, 0.3) is 56.0 Å². The molecule has 7 rings (SSSR count). The van der Waals surface area contributed by atoms with E-state index in [1.807, 2.05) is 48.0 Å². The fraction of sp³-hybridized carbons (Fsp3) is 0.0294. The Kier molecular flexibility index (Phi) is 6.95. The predicted octanol–water partition coefficient (Wildman–Crippen LogP) is 7.71. The summed E-state index contributed by atoms with van der Waals surface area (Å²) in [5.41, 5.74) is 9.04. The molecule has 0 aliphatic carbocycles. The molecule has 5 aromatic carbocycles. The number of imidazole rings is 1. The number of benzene rings is 5. The molecule has 6 heteroatoms. The first-order valence-electron chi connectivity index (χ1n) is 12.9. The van der Waals surface area contributed by atoms with E-state index in [1.54, 1.807) is 6.33 Å². The van der Waals surface area contributed by atoms with E-state index in [0.29, 0.717) is 5.82 Å². The van der Waals surface area contributed by atoms with Gasteiger partial charge in [-0.3, -0.25) is 14.6 Å². The first-order chi connectivity index (χ1) is 19.3. The smallest absolute Gasteiger partial charge is 0.127 e. The maximum Gasteiger partial charge on any atom is 0.127 e. The zero-order chi connectivity index (χ0) is 26.2. The molecular weight excluding hydrogens is 671 g/mol. The molecule has 7 aromatic rings. The number of fused-ring (bicyclic) bond motifs is 1. The summed E-state index contributed by atoms with van der Waals surface area (Å²) in [4.78, 5) is 9.76. The van der Waals surface area contributed by atoms with Crippen molar-refractivity contribution in [3.63, 3.8) is 0 Å². The molecule has 2 heterocycles. The SMILES string of the molecule is Cc1nc2c(-c3ncnn3-c3c(-c4ccccc4)cccc3-c3ccccc3)[c-]ccc2n1-c1ccccc1.[Ir]. The van der Waals surface area contributed by atoms with E-state index in [9.17, 15) is 0 Å². The van der Waals surface area contributed by atoms with Crippen LogP contribution in [0.2, 0.25) is 0 Å². The monoisotopic (exact) mass is 695 g/mol. The molecule has 0 atom stereocenters. The number of hydrogen-bond donors (Lipinski definition) is 0. The van der Waals surface area contributed by atoms with Crippen molar-refractivity contribution < 1.29 is 20.1 Å². The second-order valence-corrected chi connectivity index (χ2v) is 9.35. The Labute approximate surface area is 246 Å². The van der Waals surface area contributed by atoms with Gasteiger partial charge in [0.25, 0.3) is 0 Å². The Morgan fingerprint density at radius 3 is 1.90 bits per heavy atom. The summed E-state index contributed by atoms with van der Waals surface area (Å²) in [6.07, 6.45) is 1.61. The standard InChI is InChI=1S/C34H24N5.Ir/c1-24-37-32-30(21-12-22-31(32)38(24)27-17-9-4-10-18-27)34-35-23-36-39(34)33-28(25-13-5-2-6-14-25)19-11-20-29(33)26-15-7-3-8-16-26;/h2-20,22-23H,1H3;/q-1;. The van der Waals surface area contributed by atoms with Crippen LogP contribution < -0.4 is 0 Å². The molecule has 0 saturated heterocycles. The number of aromatic nitrogens is 5. The van der Waals surface area contributed by atoms with Crippen LogP contribution in [0.15, 0.2) is 128 Å². The molecule has 0 aliphatic rings. The Morgan fingerprint density at radius 1 is 0.675 bits per heavy atom. The van der Waals surface area contributed by atoms with Crippen molar-refractivity contribution in [2.24, 2.45) is 0 Å². The van der Waals surface area contributed by atoms with Gasteiger partial charge in [0, 0.05) is 42.4 Å². The van der Waals surface area contributed by atoms with E-state index in [1.165, 1.54) is 0 Å². The minimum Gasteiger partial charge on any atom is -0.315 e. The summed E-state index contributed by atoms with van der Waals surface area (Å²) in [6.45, 7) is 2.03. The molecule has 2 aromatic heterocycles. The summed E-state index contributed by atoms with van der Waals surface area (Å²) in [5.74, 6) is 1.59. The molecular formula is C34H24IrN5-. The topological polar surface area (TPSA) is 48.5 Å². The molecule has 0 saturated carbocycles. The first kappa shape index (κ1) is 25.6. The first-order valence-corrected chi connectivity index (χ1v) is 12.9. The van der Waals surface area contributed by atoms with E-state index < -0.39 is 0 Å². The van der Waals surface area contributed by atoms with E-state index in [2.05, 4.69) is 95.6 Å². The third-order valence-electron chi connectivity index (χ3n) is 6.99. The van der Waals surface area contributed by atoms with E-state index in [0.717, 1.165) is 56.0 Å². The Balaban J connectivity index is 0.00000289. The van der Waals surface area contributed by atoms with Gasteiger partial charge in [0.2, 0.25) is 0 Å². The number of para-hydroxylation sites is 2. The minimum atomic E-state index is 0. The number of nitrogens with zero attached hydrogens (tertiary/aromatic N) is 5. The van der Waals surface area contributed by atoms with E-state index >= 15 is 0 Å². The van der Waals surface area contributed by atoms with Crippen LogP contribution in [0.3, 0.4) is 0 Å². The summed E-state index contributed by atoms with van der Waals surface area (Å²) >= 11 is 0. The Hall–Kier alpha value is -4.64. The maximum absolute atomic E-state index is 4.99. The van der Waals surface area contributed by atoms with Crippen molar-refractivity contribution in [2.75, 3.05) is 0 Å². The molecule has 0 amide bonds. The van der Waals surface area contributed by atoms with Gasteiger partial charge in [-0.15, -0.1) is 18.2 Å². The van der Waals surface area contributed by atoms with Crippen molar-refractivity contribution >= 4 is 11.0 Å². The summed E-state index contributed by atoms with van der Waals surface area (Å²) < 4.78 is 4.10. The van der Waals surface area contributed by atoms with Crippen molar-refractivity contribution in [3.8, 4) is 45.0 Å². The molecule has 0 spiro atoms. The Bertz CT molecular complexity index is 1850. The van der Waals surface area contributed by atoms with Crippen LogP contribution in [0.4, 0.5) is 0 Å². The van der Waals surface area contributed by atoms with E-state index in [-0.39, 0.29) is 20.1 Å². The van der Waals surface area contributed by atoms with Gasteiger partial charge in [0.15, 0.2) is 0 Å². The van der Waals surface area contributed by atoms with Crippen LogP contribution in [0, 0.1) is 13.0 Å². The maximum atomic E-state index is 4.99. The van der Waals surface area contributed by atoms with Gasteiger partial charge in [-0.1, -0.05) is 103 Å².